The van der Waals surface area contributed by atoms with E-state index < -0.39 is 0 Å². The molecule has 0 spiro atoms. The summed E-state index contributed by atoms with van der Waals surface area (Å²) >= 11 is 0. The van der Waals surface area contributed by atoms with Crippen molar-refractivity contribution in [3.05, 3.63) is 12.2 Å². The van der Waals surface area contributed by atoms with Crippen LogP contribution in [0.5, 0.6) is 0 Å². The van der Waals surface area contributed by atoms with E-state index in [9.17, 15) is 4.79 Å². The first-order valence-corrected chi connectivity index (χ1v) is 3.81. The molecule has 0 bridgehead atoms. The van der Waals surface area contributed by atoms with Gasteiger partial charge in [0.25, 0.3) is 0 Å². The van der Waals surface area contributed by atoms with Gasteiger partial charge in [-0.15, -0.1) is 0 Å². The van der Waals surface area contributed by atoms with Gasteiger partial charge in [0, 0.05) is 13.5 Å². The molecule has 0 rings (SSSR count). The lowest BCUT2D eigenvalue weighted by Crippen LogP contribution is -2.21. The fourth-order valence-corrected chi connectivity index (χ4v) is 0.937. The van der Waals surface area contributed by atoms with E-state index in [-0.39, 0.29) is 11.9 Å². The second kappa shape index (κ2) is 5.08. The third kappa shape index (κ3) is 3.94. The Kier molecular flexibility index (Phi) is 4.79. The summed E-state index contributed by atoms with van der Waals surface area (Å²) < 4.78 is 4.97. The molecule has 0 aromatic carbocycles. The molecule has 0 saturated carbocycles. The molecular formula is C9H16O2. The lowest BCUT2D eigenvalue weighted by Gasteiger charge is -2.10. The van der Waals surface area contributed by atoms with Crippen LogP contribution in [0.15, 0.2) is 12.2 Å². The number of Topliss-reactive ketones (excluding diaryl/α,β-unsaturated/α-hetero) is 1. The van der Waals surface area contributed by atoms with Crippen LogP contribution in [-0.2, 0) is 9.53 Å². The van der Waals surface area contributed by atoms with E-state index in [1.54, 1.807) is 7.11 Å². The van der Waals surface area contributed by atoms with Crippen molar-refractivity contribution in [1.82, 2.24) is 0 Å². The lowest BCUT2D eigenvalue weighted by molar-refractivity contribution is -0.128. The lowest BCUT2D eigenvalue weighted by atomic mass is 10.1. The average Bonchev–Trinajstić information content (AvgIpc) is 1.88. The van der Waals surface area contributed by atoms with Crippen molar-refractivity contribution in [3.63, 3.8) is 0 Å². The molecule has 0 N–H and O–H groups in total. The molecule has 2 heteroatoms. The fourth-order valence-electron chi connectivity index (χ4n) is 0.937. The van der Waals surface area contributed by atoms with Crippen molar-refractivity contribution in [2.24, 2.45) is 0 Å². The zero-order valence-corrected chi connectivity index (χ0v) is 7.52. The van der Waals surface area contributed by atoms with E-state index in [0.717, 1.165) is 12.0 Å². The Morgan fingerprint density at radius 1 is 1.64 bits per heavy atom. The van der Waals surface area contributed by atoms with Crippen molar-refractivity contribution >= 4 is 5.78 Å². The number of carbonyl (C=O) groups is 1. The van der Waals surface area contributed by atoms with Gasteiger partial charge in [-0.3, -0.25) is 4.79 Å². The number of rotatable bonds is 5. The quantitative estimate of drug-likeness (QED) is 0.569. The highest BCUT2D eigenvalue weighted by Crippen LogP contribution is 2.05. The highest BCUT2D eigenvalue weighted by atomic mass is 16.5. The minimum Gasteiger partial charge on any atom is -0.374 e. The summed E-state index contributed by atoms with van der Waals surface area (Å²) in [6.07, 6.45) is 0.932. The van der Waals surface area contributed by atoms with Crippen LogP contribution in [0.2, 0.25) is 0 Å². The van der Waals surface area contributed by atoms with E-state index in [4.69, 9.17) is 4.74 Å². The van der Waals surface area contributed by atoms with Gasteiger partial charge in [-0.1, -0.05) is 19.1 Å². The van der Waals surface area contributed by atoms with Gasteiger partial charge in [-0.25, -0.2) is 0 Å². The Balaban J connectivity index is 3.89. The van der Waals surface area contributed by atoms with Crippen LogP contribution in [0.4, 0.5) is 0 Å². The fraction of sp³-hybridized carbons (Fsp3) is 0.667. The van der Waals surface area contributed by atoms with Crippen LogP contribution in [-0.4, -0.2) is 19.0 Å². The summed E-state index contributed by atoms with van der Waals surface area (Å²) in [6, 6.07) is 0. The largest absolute Gasteiger partial charge is 0.374 e. The summed E-state index contributed by atoms with van der Waals surface area (Å²) in [5, 5.41) is 0. The van der Waals surface area contributed by atoms with Crippen molar-refractivity contribution < 1.29 is 9.53 Å². The van der Waals surface area contributed by atoms with Gasteiger partial charge in [0.1, 0.15) is 6.10 Å². The topological polar surface area (TPSA) is 26.3 Å². The Labute approximate surface area is 68.2 Å². The van der Waals surface area contributed by atoms with E-state index in [1.807, 2.05) is 13.8 Å². The Bertz CT molecular complexity index is 146. The summed E-state index contributed by atoms with van der Waals surface area (Å²) in [5.74, 6) is 0.127. The van der Waals surface area contributed by atoms with Gasteiger partial charge in [-0.05, 0) is 13.3 Å². The summed E-state index contributed by atoms with van der Waals surface area (Å²) in [7, 11) is 1.56. The number of methoxy groups -OCH3 is 1. The molecule has 1 unspecified atom stereocenters. The standard InChI is InChI=1S/C9H16O2/c1-5-9(11-4)8(10)6-7(2)3/h9H,2,5-6H2,1,3-4H3. The molecule has 64 valence electrons. The first-order chi connectivity index (χ1) is 5.11. The minimum atomic E-state index is -0.244. The number of hydrogen-bond acceptors (Lipinski definition) is 2. The maximum atomic E-state index is 11.2. The second-order valence-electron chi connectivity index (χ2n) is 2.73. The number of ether oxygens (including phenoxy) is 1. The molecule has 0 amide bonds. The summed E-state index contributed by atoms with van der Waals surface area (Å²) in [6.45, 7) is 7.45. The van der Waals surface area contributed by atoms with E-state index in [2.05, 4.69) is 6.58 Å². The normalized spacial score (nSPS) is 12.6. The van der Waals surface area contributed by atoms with Gasteiger partial charge in [0.15, 0.2) is 5.78 Å². The SMILES string of the molecule is C=C(C)CC(=O)C(CC)OC. The number of ketones is 1. The first kappa shape index (κ1) is 10.4. The molecule has 0 heterocycles. The van der Waals surface area contributed by atoms with Gasteiger partial charge >= 0.3 is 0 Å². The molecule has 0 aliphatic rings. The van der Waals surface area contributed by atoms with Crippen LogP contribution in [0.25, 0.3) is 0 Å². The molecule has 0 fully saturated rings. The van der Waals surface area contributed by atoms with Crippen LogP contribution in [0, 0.1) is 0 Å². The zero-order chi connectivity index (χ0) is 8.85. The minimum absolute atomic E-state index is 0.127. The number of allylic oxidation sites excluding steroid dienone is 1. The van der Waals surface area contributed by atoms with Gasteiger partial charge in [0.05, 0.1) is 0 Å². The van der Waals surface area contributed by atoms with E-state index in [0.29, 0.717) is 6.42 Å². The number of hydrogen-bond donors (Lipinski definition) is 0. The highest BCUT2D eigenvalue weighted by molar-refractivity contribution is 5.84. The van der Waals surface area contributed by atoms with Gasteiger partial charge < -0.3 is 4.74 Å². The van der Waals surface area contributed by atoms with Crippen LogP contribution >= 0.6 is 0 Å². The molecule has 0 radical (unpaired) electrons. The molecule has 0 aromatic rings. The monoisotopic (exact) mass is 156 g/mol. The Morgan fingerprint density at radius 2 is 2.18 bits per heavy atom. The third-order valence-corrected chi connectivity index (χ3v) is 1.49. The van der Waals surface area contributed by atoms with Crippen molar-refractivity contribution in [3.8, 4) is 0 Å². The van der Waals surface area contributed by atoms with E-state index >= 15 is 0 Å². The summed E-state index contributed by atoms with van der Waals surface area (Å²) in [5.41, 5.74) is 0.894. The molecule has 0 saturated heterocycles. The summed E-state index contributed by atoms with van der Waals surface area (Å²) in [4.78, 5) is 11.2. The second-order valence-corrected chi connectivity index (χ2v) is 2.73. The molecule has 11 heavy (non-hydrogen) atoms. The predicted molar refractivity (Wildman–Crippen MR) is 45.5 cm³/mol. The Hall–Kier alpha value is -0.630. The van der Waals surface area contributed by atoms with Crippen molar-refractivity contribution in [1.29, 1.82) is 0 Å². The molecule has 2 nitrogen and oxygen atoms in total. The molecule has 0 aliphatic heterocycles. The first-order valence-electron chi connectivity index (χ1n) is 3.81. The van der Waals surface area contributed by atoms with Crippen molar-refractivity contribution in [2.75, 3.05) is 7.11 Å². The maximum Gasteiger partial charge on any atom is 0.165 e. The van der Waals surface area contributed by atoms with Gasteiger partial charge in [0.2, 0.25) is 0 Å². The third-order valence-electron chi connectivity index (χ3n) is 1.49. The molecule has 0 aromatic heterocycles. The average molecular weight is 156 g/mol. The molecular weight excluding hydrogens is 140 g/mol. The van der Waals surface area contributed by atoms with Crippen molar-refractivity contribution in [2.45, 2.75) is 32.8 Å². The molecule has 0 aliphatic carbocycles. The van der Waals surface area contributed by atoms with Crippen LogP contribution in [0.1, 0.15) is 26.7 Å². The highest BCUT2D eigenvalue weighted by Gasteiger charge is 2.14. The predicted octanol–water partition coefficient (Wildman–Crippen LogP) is 1.95. The molecule has 1 atom stereocenters. The smallest absolute Gasteiger partial charge is 0.165 e. The zero-order valence-electron chi connectivity index (χ0n) is 7.52. The Morgan fingerprint density at radius 3 is 2.45 bits per heavy atom. The van der Waals surface area contributed by atoms with Crippen LogP contribution < -0.4 is 0 Å². The van der Waals surface area contributed by atoms with Gasteiger partial charge in [-0.2, -0.15) is 0 Å². The van der Waals surface area contributed by atoms with E-state index in [1.165, 1.54) is 0 Å². The van der Waals surface area contributed by atoms with Crippen LogP contribution in [0.3, 0.4) is 0 Å². The maximum absolute atomic E-state index is 11.2. The number of carbonyl (C=O) groups excluding carboxylic acids is 1.